The van der Waals surface area contributed by atoms with Gasteiger partial charge in [-0.15, -0.1) is 22.7 Å². The zero-order valence-electron chi connectivity index (χ0n) is 14.7. The molecule has 5 heterocycles. The van der Waals surface area contributed by atoms with Crippen LogP contribution in [-0.4, -0.2) is 34.1 Å². The molecule has 0 fully saturated rings. The Morgan fingerprint density at radius 1 is 1.22 bits per heavy atom. The van der Waals surface area contributed by atoms with Crippen LogP contribution in [0.2, 0.25) is 0 Å². The molecule has 5 aromatic rings. The third-order valence-corrected chi connectivity index (χ3v) is 6.18. The minimum absolute atomic E-state index is 0.132. The lowest BCUT2D eigenvalue weighted by Crippen LogP contribution is -2.24. The molecule has 0 spiro atoms. The second-order valence-corrected chi connectivity index (χ2v) is 8.13. The molecule has 0 aromatic carbocycles. The molecule has 0 amide bonds. The molecule has 0 radical (unpaired) electrons. The predicted octanol–water partition coefficient (Wildman–Crippen LogP) is 2.17. The molecule has 0 N–H and O–H groups in total. The maximum absolute atomic E-state index is 13.0. The van der Waals surface area contributed by atoms with Gasteiger partial charge < -0.3 is 4.57 Å². The van der Waals surface area contributed by atoms with Gasteiger partial charge in [-0.25, -0.2) is 14.6 Å². The highest BCUT2D eigenvalue weighted by molar-refractivity contribution is 7.19. The van der Waals surface area contributed by atoms with E-state index in [0.29, 0.717) is 18.5 Å². The van der Waals surface area contributed by atoms with Crippen LogP contribution in [0.4, 0.5) is 0 Å². The normalized spacial score (nSPS) is 11.8. The van der Waals surface area contributed by atoms with Crippen molar-refractivity contribution in [2.75, 3.05) is 0 Å². The number of aromatic nitrogens is 7. The molecule has 5 rings (SSSR count). The fraction of sp³-hybridized carbons (Fsp3) is 0.235. The lowest BCUT2D eigenvalue weighted by molar-refractivity contribution is 0.619. The van der Waals surface area contributed by atoms with Gasteiger partial charge in [0.05, 0.1) is 34.3 Å². The molecule has 0 aliphatic heterocycles. The van der Waals surface area contributed by atoms with Crippen molar-refractivity contribution in [2.45, 2.75) is 13.0 Å². The van der Waals surface area contributed by atoms with E-state index in [1.54, 1.807) is 33.6 Å². The van der Waals surface area contributed by atoms with Crippen LogP contribution in [0, 0.1) is 0 Å². The summed E-state index contributed by atoms with van der Waals surface area (Å²) in [6, 6.07) is 1.88. The van der Waals surface area contributed by atoms with Gasteiger partial charge in [0.25, 0.3) is 5.56 Å². The van der Waals surface area contributed by atoms with E-state index in [0.717, 1.165) is 32.1 Å². The van der Waals surface area contributed by atoms with E-state index >= 15 is 0 Å². The van der Waals surface area contributed by atoms with E-state index in [1.165, 1.54) is 4.68 Å². The van der Waals surface area contributed by atoms with Crippen LogP contribution < -0.4 is 5.56 Å². The number of nitrogens with zero attached hydrogens (tertiary/aromatic N) is 7. The third-order valence-electron chi connectivity index (χ3n) is 4.47. The molecule has 0 saturated heterocycles. The quantitative estimate of drug-likeness (QED) is 0.464. The van der Waals surface area contributed by atoms with Gasteiger partial charge in [-0.3, -0.25) is 9.48 Å². The van der Waals surface area contributed by atoms with E-state index in [2.05, 4.69) is 15.2 Å². The molecule has 8 nitrogen and oxygen atoms in total. The Morgan fingerprint density at radius 2 is 2.11 bits per heavy atom. The Balaban J connectivity index is 1.60. The highest BCUT2D eigenvalue weighted by atomic mass is 32.1. The summed E-state index contributed by atoms with van der Waals surface area (Å²) in [6.45, 7) is 0.344. The van der Waals surface area contributed by atoms with Crippen molar-refractivity contribution in [3.63, 3.8) is 0 Å². The van der Waals surface area contributed by atoms with Crippen LogP contribution >= 0.6 is 22.7 Å². The van der Waals surface area contributed by atoms with Gasteiger partial charge >= 0.3 is 0 Å². The summed E-state index contributed by atoms with van der Waals surface area (Å²) in [6.07, 6.45) is 4.31. The number of fused-ring (bicyclic) bond motifs is 3. The Hall–Kier alpha value is -2.85. The lowest BCUT2D eigenvalue weighted by atomic mass is 10.3. The summed E-state index contributed by atoms with van der Waals surface area (Å²) >= 11 is 3.18. The number of hydrogen-bond donors (Lipinski definition) is 0. The molecule has 0 atom stereocenters. The predicted molar refractivity (Wildman–Crippen MR) is 105 cm³/mol. The summed E-state index contributed by atoms with van der Waals surface area (Å²) < 4.78 is 6.02. The highest BCUT2D eigenvalue weighted by Gasteiger charge is 2.18. The minimum atomic E-state index is -0.132. The average molecular weight is 397 g/mol. The standard InChI is InChI=1S/C17H15N7OS2/c1-22-4-3-10(21-22)7-24-17(25)14-12(6-19-24)15-16(23(14)2)20-13(27-15)5-11-8-26-9-18-11/h3-4,6,8-9H,5,7H2,1-2H3. The molecule has 136 valence electrons. The van der Waals surface area contributed by atoms with E-state index < -0.39 is 0 Å². The van der Waals surface area contributed by atoms with Gasteiger partial charge in [0.15, 0.2) is 5.65 Å². The average Bonchev–Trinajstić information content (AvgIpc) is 3.40. The van der Waals surface area contributed by atoms with Crippen molar-refractivity contribution in [3.05, 3.63) is 56.1 Å². The highest BCUT2D eigenvalue weighted by Crippen LogP contribution is 2.31. The van der Waals surface area contributed by atoms with E-state index in [9.17, 15) is 4.79 Å². The maximum atomic E-state index is 13.0. The van der Waals surface area contributed by atoms with Crippen LogP contribution in [0.15, 0.2) is 34.1 Å². The Bertz CT molecular complexity index is 1320. The molecule has 27 heavy (non-hydrogen) atoms. The summed E-state index contributed by atoms with van der Waals surface area (Å²) in [5.41, 5.74) is 4.94. The largest absolute Gasteiger partial charge is 0.323 e. The zero-order valence-corrected chi connectivity index (χ0v) is 16.3. The van der Waals surface area contributed by atoms with Crippen molar-refractivity contribution in [1.29, 1.82) is 0 Å². The molecular weight excluding hydrogens is 382 g/mol. The summed E-state index contributed by atoms with van der Waals surface area (Å²) in [5.74, 6) is 0. The van der Waals surface area contributed by atoms with Gasteiger partial charge in [0.1, 0.15) is 10.5 Å². The number of hydrogen-bond acceptors (Lipinski definition) is 7. The van der Waals surface area contributed by atoms with E-state index in [-0.39, 0.29) is 5.56 Å². The fourth-order valence-electron chi connectivity index (χ4n) is 3.20. The van der Waals surface area contributed by atoms with Crippen molar-refractivity contribution < 1.29 is 0 Å². The van der Waals surface area contributed by atoms with Gasteiger partial charge in [0, 0.05) is 37.5 Å². The van der Waals surface area contributed by atoms with Crippen molar-refractivity contribution in [2.24, 2.45) is 14.1 Å². The van der Waals surface area contributed by atoms with Gasteiger partial charge in [0.2, 0.25) is 0 Å². The minimum Gasteiger partial charge on any atom is -0.323 e. The molecular formula is C17H15N7OS2. The molecule has 0 unspecified atom stereocenters. The molecule has 0 saturated carbocycles. The second kappa shape index (κ2) is 6.10. The van der Waals surface area contributed by atoms with Crippen LogP contribution in [0.1, 0.15) is 16.4 Å². The first-order valence-electron chi connectivity index (χ1n) is 8.29. The Kier molecular flexibility index (Phi) is 3.69. The van der Waals surface area contributed by atoms with Crippen molar-refractivity contribution >= 4 is 43.9 Å². The number of thiazole rings is 2. The van der Waals surface area contributed by atoms with Crippen LogP contribution in [0.5, 0.6) is 0 Å². The summed E-state index contributed by atoms with van der Waals surface area (Å²) in [4.78, 5) is 22.0. The van der Waals surface area contributed by atoms with Crippen LogP contribution in [0.25, 0.3) is 21.3 Å². The van der Waals surface area contributed by atoms with E-state index in [4.69, 9.17) is 4.98 Å². The molecule has 10 heteroatoms. The van der Waals surface area contributed by atoms with Crippen molar-refractivity contribution in [1.82, 2.24) is 34.1 Å². The molecule has 5 aromatic heterocycles. The first-order chi connectivity index (χ1) is 13.1. The first-order valence-corrected chi connectivity index (χ1v) is 10.1. The van der Waals surface area contributed by atoms with Gasteiger partial charge in [-0.1, -0.05) is 0 Å². The number of aryl methyl sites for hydroxylation is 2. The number of rotatable bonds is 4. The Labute approximate surface area is 161 Å². The van der Waals surface area contributed by atoms with E-state index in [1.807, 2.05) is 41.8 Å². The second-order valence-electron chi connectivity index (χ2n) is 6.33. The summed E-state index contributed by atoms with van der Waals surface area (Å²) in [7, 11) is 3.73. The summed E-state index contributed by atoms with van der Waals surface area (Å²) in [5, 5.41) is 12.6. The van der Waals surface area contributed by atoms with Crippen molar-refractivity contribution in [3.8, 4) is 0 Å². The van der Waals surface area contributed by atoms with Crippen LogP contribution in [-0.2, 0) is 27.1 Å². The topological polar surface area (TPSA) is 83.4 Å². The van der Waals surface area contributed by atoms with Gasteiger partial charge in [-0.05, 0) is 6.07 Å². The Morgan fingerprint density at radius 3 is 2.85 bits per heavy atom. The SMILES string of the molecule is Cn1ccc(Cn2ncc3c4sc(Cc5cscn5)nc4n(C)c3c2=O)n1. The fourth-order valence-corrected chi connectivity index (χ4v) is 4.88. The first kappa shape index (κ1) is 16.3. The molecule has 0 aliphatic rings. The van der Waals surface area contributed by atoms with Gasteiger partial charge in [-0.2, -0.15) is 10.2 Å². The molecule has 0 bridgehead atoms. The smallest absolute Gasteiger partial charge is 0.291 e. The van der Waals surface area contributed by atoms with Crippen LogP contribution in [0.3, 0.4) is 0 Å². The zero-order chi connectivity index (χ0) is 18.5. The maximum Gasteiger partial charge on any atom is 0.291 e. The monoisotopic (exact) mass is 397 g/mol. The lowest BCUT2D eigenvalue weighted by Gasteiger charge is -2.03. The molecule has 0 aliphatic carbocycles. The third kappa shape index (κ3) is 2.68.